The molecule has 0 heterocycles. The molecule has 2 saturated carbocycles. The molecule has 2 bridgehead atoms. The number of alkyl halides is 3. The minimum Gasteiger partial charge on any atom is -0.383 e. The number of rotatable bonds is 8. The maximum Gasteiger partial charge on any atom is 0.441 e. The maximum atomic E-state index is 12.3. The van der Waals surface area contributed by atoms with Crippen LogP contribution in [0, 0.1) is 17.3 Å². The summed E-state index contributed by atoms with van der Waals surface area (Å²) in [4.78, 5) is 0. The molecule has 0 spiro atoms. The summed E-state index contributed by atoms with van der Waals surface area (Å²) in [6.07, 6.45) is 5.49. The van der Waals surface area contributed by atoms with Crippen molar-refractivity contribution in [1.82, 2.24) is 5.32 Å². The second-order valence-electron chi connectivity index (χ2n) is 6.16. The fourth-order valence-electron chi connectivity index (χ4n) is 4.05. The number of halogens is 3. The average Bonchev–Trinajstić information content (AvgIpc) is 2.94. The molecule has 6 heteroatoms. The van der Waals surface area contributed by atoms with E-state index < -0.39 is 5.51 Å². The van der Waals surface area contributed by atoms with E-state index in [1.165, 1.54) is 19.3 Å². The van der Waals surface area contributed by atoms with Crippen LogP contribution in [0.2, 0.25) is 0 Å². The van der Waals surface area contributed by atoms with Crippen molar-refractivity contribution >= 4 is 11.8 Å². The zero-order valence-corrected chi connectivity index (χ0v) is 12.8. The normalized spacial score (nSPS) is 33.0. The Morgan fingerprint density at radius 3 is 2.70 bits per heavy atom. The molecule has 2 aliphatic rings. The van der Waals surface area contributed by atoms with Crippen LogP contribution >= 0.6 is 11.8 Å². The topological polar surface area (TPSA) is 21.3 Å². The number of nitrogens with one attached hydrogen (secondary N) is 1. The Morgan fingerprint density at radius 2 is 2.15 bits per heavy atom. The molecule has 20 heavy (non-hydrogen) atoms. The fourth-order valence-corrected chi connectivity index (χ4v) is 4.79. The number of methoxy groups -OCH3 is 1. The Bertz CT molecular complexity index is 313. The van der Waals surface area contributed by atoms with Gasteiger partial charge < -0.3 is 10.1 Å². The Hall–Kier alpha value is 0.0600. The van der Waals surface area contributed by atoms with Gasteiger partial charge in [-0.25, -0.2) is 0 Å². The predicted octanol–water partition coefficient (Wildman–Crippen LogP) is 3.67. The molecule has 3 atom stereocenters. The van der Waals surface area contributed by atoms with Gasteiger partial charge >= 0.3 is 5.51 Å². The van der Waals surface area contributed by atoms with E-state index in [4.69, 9.17) is 4.74 Å². The quantitative estimate of drug-likeness (QED) is 0.691. The highest BCUT2D eigenvalue weighted by Crippen LogP contribution is 2.57. The molecule has 0 aliphatic heterocycles. The van der Waals surface area contributed by atoms with Crippen molar-refractivity contribution in [2.45, 2.75) is 37.6 Å². The van der Waals surface area contributed by atoms with E-state index in [1.54, 1.807) is 7.11 Å². The van der Waals surface area contributed by atoms with Crippen molar-refractivity contribution < 1.29 is 17.9 Å². The van der Waals surface area contributed by atoms with Gasteiger partial charge in [-0.05, 0) is 42.9 Å². The standard InChI is InChI=1S/C14H24F3NOS/c1-19-6-5-18-10-13(4-7-20-14(15,16)17)9-11-2-3-12(13)8-11/h11-12,18H,2-10H2,1H3. The van der Waals surface area contributed by atoms with E-state index in [9.17, 15) is 13.2 Å². The first-order valence-corrected chi connectivity index (χ1v) is 8.34. The van der Waals surface area contributed by atoms with Gasteiger partial charge in [-0.2, -0.15) is 13.2 Å². The lowest BCUT2D eigenvalue weighted by Gasteiger charge is -2.38. The molecule has 2 fully saturated rings. The Kier molecular flexibility index (Phi) is 5.65. The molecule has 2 rings (SSSR count). The molecule has 0 radical (unpaired) electrons. The van der Waals surface area contributed by atoms with E-state index >= 15 is 0 Å². The lowest BCUT2D eigenvalue weighted by atomic mass is 9.71. The molecule has 118 valence electrons. The SMILES string of the molecule is COCCNCC1(CCSC(F)(F)F)CC2CCC1C2. The first kappa shape index (κ1) is 16.4. The number of hydrogen-bond donors (Lipinski definition) is 1. The van der Waals surface area contributed by atoms with E-state index in [0.29, 0.717) is 18.9 Å². The van der Waals surface area contributed by atoms with Crippen molar-refractivity contribution in [1.29, 1.82) is 0 Å². The molecular formula is C14H24F3NOS. The number of ether oxygens (including phenoxy) is 1. The predicted molar refractivity (Wildman–Crippen MR) is 75.8 cm³/mol. The zero-order valence-electron chi connectivity index (χ0n) is 12.0. The van der Waals surface area contributed by atoms with Crippen LogP contribution in [0.4, 0.5) is 13.2 Å². The van der Waals surface area contributed by atoms with Crippen LogP contribution in [0.5, 0.6) is 0 Å². The summed E-state index contributed by atoms with van der Waals surface area (Å²) in [6, 6.07) is 0. The van der Waals surface area contributed by atoms with Gasteiger partial charge in [-0.3, -0.25) is 0 Å². The van der Waals surface area contributed by atoms with Crippen LogP contribution < -0.4 is 5.32 Å². The Labute approximate surface area is 123 Å². The highest BCUT2D eigenvalue weighted by Gasteiger charge is 2.50. The molecule has 3 unspecified atom stereocenters. The van der Waals surface area contributed by atoms with Crippen molar-refractivity contribution in [2.24, 2.45) is 17.3 Å². The molecule has 2 aliphatic carbocycles. The van der Waals surface area contributed by atoms with E-state index in [-0.39, 0.29) is 22.9 Å². The Balaban J connectivity index is 1.84. The van der Waals surface area contributed by atoms with Gasteiger partial charge in [0.05, 0.1) is 6.61 Å². The summed E-state index contributed by atoms with van der Waals surface area (Å²) < 4.78 is 42.0. The van der Waals surface area contributed by atoms with Crippen LogP contribution in [0.15, 0.2) is 0 Å². The first-order valence-electron chi connectivity index (χ1n) is 7.35. The maximum absolute atomic E-state index is 12.3. The van der Waals surface area contributed by atoms with Crippen molar-refractivity contribution in [2.75, 3.05) is 32.6 Å². The molecule has 0 aromatic carbocycles. The highest BCUT2D eigenvalue weighted by molar-refractivity contribution is 8.00. The minimum absolute atomic E-state index is 0.0922. The lowest BCUT2D eigenvalue weighted by Crippen LogP contribution is -2.40. The van der Waals surface area contributed by atoms with Gasteiger partial charge in [0.15, 0.2) is 0 Å². The van der Waals surface area contributed by atoms with Gasteiger partial charge in [0, 0.05) is 26.0 Å². The van der Waals surface area contributed by atoms with Gasteiger partial charge in [0.2, 0.25) is 0 Å². The average molecular weight is 311 g/mol. The molecule has 2 nitrogen and oxygen atoms in total. The molecule has 1 N–H and O–H groups in total. The van der Waals surface area contributed by atoms with Gasteiger partial charge in [0.1, 0.15) is 0 Å². The molecule has 0 saturated heterocycles. The second kappa shape index (κ2) is 6.88. The second-order valence-corrected chi connectivity index (χ2v) is 7.32. The zero-order chi connectivity index (χ0) is 14.6. The smallest absolute Gasteiger partial charge is 0.383 e. The third-order valence-electron chi connectivity index (χ3n) is 4.93. The largest absolute Gasteiger partial charge is 0.441 e. The minimum atomic E-state index is -4.09. The van der Waals surface area contributed by atoms with Crippen molar-refractivity contribution in [3.05, 3.63) is 0 Å². The van der Waals surface area contributed by atoms with E-state index in [0.717, 1.165) is 25.4 Å². The van der Waals surface area contributed by atoms with Crippen LogP contribution in [-0.4, -0.2) is 38.1 Å². The molecular weight excluding hydrogens is 287 g/mol. The van der Waals surface area contributed by atoms with Crippen LogP contribution in [-0.2, 0) is 4.74 Å². The summed E-state index contributed by atoms with van der Waals surface area (Å²) in [5.74, 6) is 1.56. The summed E-state index contributed by atoms with van der Waals surface area (Å²) in [5, 5.41) is 3.39. The van der Waals surface area contributed by atoms with Crippen molar-refractivity contribution in [3.8, 4) is 0 Å². The summed E-state index contributed by atoms with van der Waals surface area (Å²) >= 11 is 0.138. The third kappa shape index (κ3) is 4.28. The van der Waals surface area contributed by atoms with Crippen molar-refractivity contribution in [3.63, 3.8) is 0 Å². The number of fused-ring (bicyclic) bond motifs is 2. The van der Waals surface area contributed by atoms with Crippen LogP contribution in [0.3, 0.4) is 0 Å². The summed E-state index contributed by atoms with van der Waals surface area (Å²) in [6.45, 7) is 2.28. The molecule has 0 aromatic rings. The van der Waals surface area contributed by atoms with Crippen LogP contribution in [0.1, 0.15) is 32.1 Å². The summed E-state index contributed by atoms with van der Waals surface area (Å²) in [7, 11) is 1.66. The monoisotopic (exact) mass is 311 g/mol. The van der Waals surface area contributed by atoms with Gasteiger partial charge in [0.25, 0.3) is 0 Å². The number of thioether (sulfide) groups is 1. The first-order chi connectivity index (χ1) is 9.45. The highest BCUT2D eigenvalue weighted by atomic mass is 32.2. The van der Waals surface area contributed by atoms with Gasteiger partial charge in [-0.1, -0.05) is 18.2 Å². The lowest BCUT2D eigenvalue weighted by molar-refractivity contribution is -0.0330. The number of hydrogen-bond acceptors (Lipinski definition) is 3. The van der Waals surface area contributed by atoms with E-state index in [2.05, 4.69) is 5.32 Å². The molecule has 0 amide bonds. The summed E-state index contributed by atoms with van der Waals surface area (Å²) in [5.41, 5.74) is -4.00. The Morgan fingerprint density at radius 1 is 1.35 bits per heavy atom. The van der Waals surface area contributed by atoms with Gasteiger partial charge in [-0.15, -0.1) is 0 Å². The fraction of sp³-hybridized carbons (Fsp3) is 1.00. The van der Waals surface area contributed by atoms with E-state index in [1.807, 2.05) is 0 Å². The molecule has 0 aromatic heterocycles. The van der Waals surface area contributed by atoms with Crippen LogP contribution in [0.25, 0.3) is 0 Å². The third-order valence-corrected chi connectivity index (χ3v) is 5.66.